The summed E-state index contributed by atoms with van der Waals surface area (Å²) in [7, 11) is 0. The van der Waals surface area contributed by atoms with E-state index >= 15 is 0 Å². The van der Waals surface area contributed by atoms with Crippen LogP contribution in [0.3, 0.4) is 0 Å². The van der Waals surface area contributed by atoms with Gasteiger partial charge >= 0.3 is 0 Å². The van der Waals surface area contributed by atoms with Crippen molar-refractivity contribution in [3.8, 4) is 51.4 Å². The highest BCUT2D eigenvalue weighted by molar-refractivity contribution is 6.31. The molecule has 0 atom stereocenters. The van der Waals surface area contributed by atoms with Crippen LogP contribution in [0.25, 0.3) is 51.5 Å². The van der Waals surface area contributed by atoms with Crippen LogP contribution in [0.5, 0.6) is 17.2 Å². The molecule has 21 heteroatoms. The van der Waals surface area contributed by atoms with Crippen molar-refractivity contribution in [1.82, 2.24) is 58.7 Å². The van der Waals surface area contributed by atoms with Gasteiger partial charge in [-0.2, -0.15) is 28.5 Å². The second kappa shape index (κ2) is 23.3. The Hall–Kier alpha value is -10.1. The largest absolute Gasteiger partial charge is 0.487 e. The van der Waals surface area contributed by atoms with Gasteiger partial charge in [0.15, 0.2) is 17.5 Å². The first-order valence-corrected chi connectivity index (χ1v) is 26.4. The van der Waals surface area contributed by atoms with E-state index in [-0.39, 0.29) is 47.8 Å². The van der Waals surface area contributed by atoms with Crippen molar-refractivity contribution in [1.29, 1.82) is 0 Å². The van der Waals surface area contributed by atoms with Crippen LogP contribution in [0, 0.1) is 13.8 Å². The van der Waals surface area contributed by atoms with Crippen LogP contribution in [0.4, 0.5) is 8.78 Å². The number of fused-ring (bicyclic) bond motifs is 3. The van der Waals surface area contributed by atoms with Gasteiger partial charge in [0, 0.05) is 58.0 Å². The number of benzene rings is 6. The molecular formula is C61H51ClF2N12O6. The van der Waals surface area contributed by atoms with E-state index in [4.69, 9.17) is 25.8 Å². The zero-order valence-corrected chi connectivity index (χ0v) is 45.1. The number of aromatic nitrogens is 12. The molecule has 13 rings (SSSR count). The minimum Gasteiger partial charge on any atom is -0.487 e. The monoisotopic (exact) mass is 1120 g/mol. The molecule has 0 saturated heterocycles. The van der Waals surface area contributed by atoms with E-state index in [9.17, 15) is 23.2 Å². The predicted octanol–water partition coefficient (Wildman–Crippen LogP) is 11.3. The van der Waals surface area contributed by atoms with Gasteiger partial charge in [-0.1, -0.05) is 121 Å². The average Bonchev–Trinajstić information content (AvgIpc) is 4.10. The minimum atomic E-state index is -2.91. The topological polar surface area (TPSA) is 217 Å². The Morgan fingerprint density at radius 2 is 0.915 bits per heavy atom. The molecule has 0 amide bonds. The van der Waals surface area contributed by atoms with Crippen molar-refractivity contribution in [2.24, 2.45) is 0 Å². The Morgan fingerprint density at radius 1 is 0.500 bits per heavy atom. The summed E-state index contributed by atoms with van der Waals surface area (Å²) in [6.07, 6.45) is 2.42. The molecule has 3 N–H and O–H groups in total. The summed E-state index contributed by atoms with van der Waals surface area (Å²) in [5.41, 5.74) is 6.72. The molecule has 6 aromatic heterocycles. The van der Waals surface area contributed by atoms with Crippen molar-refractivity contribution in [2.45, 2.75) is 65.3 Å². The van der Waals surface area contributed by atoms with Crippen LogP contribution in [0.15, 0.2) is 184 Å². The zero-order valence-electron chi connectivity index (χ0n) is 44.4. The van der Waals surface area contributed by atoms with E-state index in [0.29, 0.717) is 68.5 Å². The number of nitrogens with one attached hydrogen (secondary N) is 3. The van der Waals surface area contributed by atoms with Gasteiger partial charge in [-0.05, 0) is 86.2 Å². The first-order chi connectivity index (χ1) is 39.7. The third kappa shape index (κ3) is 12.5. The molecule has 12 aromatic rings. The van der Waals surface area contributed by atoms with Gasteiger partial charge < -0.3 is 14.2 Å². The number of rotatable bonds is 14. The summed E-state index contributed by atoms with van der Waals surface area (Å²) in [4.78, 5) is 63.6. The first-order valence-electron chi connectivity index (χ1n) is 26.0. The fourth-order valence-electron chi connectivity index (χ4n) is 8.83. The number of nitrogens with zero attached hydrogens (tertiary/aromatic N) is 9. The summed E-state index contributed by atoms with van der Waals surface area (Å²) in [6, 6.07) is 49.9. The lowest BCUT2D eigenvalue weighted by atomic mass is 10.0. The van der Waals surface area contributed by atoms with Gasteiger partial charge in [0.05, 0.1) is 17.1 Å². The second-order valence-corrected chi connectivity index (χ2v) is 19.8. The average molecular weight is 1120 g/mol. The molecule has 0 spiro atoms. The Bertz CT molecular complexity index is 4410. The number of halogens is 3. The van der Waals surface area contributed by atoms with Crippen molar-refractivity contribution in [3.63, 3.8) is 0 Å². The van der Waals surface area contributed by atoms with Crippen molar-refractivity contribution in [3.05, 3.63) is 245 Å². The third-order valence-electron chi connectivity index (χ3n) is 13.2. The number of aryl methyl sites for hydroxylation is 2. The predicted molar refractivity (Wildman–Crippen MR) is 305 cm³/mol. The van der Waals surface area contributed by atoms with Gasteiger partial charge in [0.25, 0.3) is 39.9 Å². The van der Waals surface area contributed by atoms with Gasteiger partial charge in [0.1, 0.15) is 37.1 Å². The SMILES string of the molecule is CC(F)(F)c1ccc(OCc2cc(=O)n3[nH]c(-c4ccccc4)nc3n2)cc1.Cc1ccc(OCc2cc(=O)n3[nH]c(-c4ccccc4)nc3n2)cc1Cl.Cc1cccc(OCc2cc(=O)n3[nH]c(-c4ccccc4)nc3n2)c1C1CC1. The lowest BCUT2D eigenvalue weighted by Gasteiger charge is -2.13. The highest BCUT2D eigenvalue weighted by atomic mass is 35.5. The van der Waals surface area contributed by atoms with Crippen LogP contribution in [0.2, 0.25) is 5.02 Å². The molecular weight excluding hydrogens is 1070 g/mol. The van der Waals surface area contributed by atoms with E-state index in [2.05, 4.69) is 58.2 Å². The summed E-state index contributed by atoms with van der Waals surface area (Å²) in [5.74, 6) is 2.19. The lowest BCUT2D eigenvalue weighted by Crippen LogP contribution is -2.16. The maximum atomic E-state index is 13.3. The van der Waals surface area contributed by atoms with E-state index in [1.54, 1.807) is 6.07 Å². The van der Waals surface area contributed by atoms with Crippen molar-refractivity contribution in [2.75, 3.05) is 0 Å². The number of alkyl halides is 2. The molecule has 1 aliphatic carbocycles. The minimum absolute atomic E-state index is 0.0150. The summed E-state index contributed by atoms with van der Waals surface area (Å²) in [6.45, 7) is 5.28. The zero-order chi connectivity index (χ0) is 56.9. The molecule has 0 bridgehead atoms. The number of hydrogen-bond acceptors (Lipinski definition) is 12. The number of aromatic amines is 3. The molecule has 0 aliphatic heterocycles. The van der Waals surface area contributed by atoms with E-state index in [1.165, 1.54) is 80.0 Å². The van der Waals surface area contributed by atoms with Crippen molar-refractivity contribution >= 4 is 28.9 Å². The van der Waals surface area contributed by atoms with Crippen LogP contribution in [0.1, 0.15) is 65.0 Å². The molecule has 82 heavy (non-hydrogen) atoms. The fourth-order valence-corrected chi connectivity index (χ4v) is 9.00. The van der Waals surface area contributed by atoms with Crippen LogP contribution < -0.4 is 30.9 Å². The lowest BCUT2D eigenvalue weighted by molar-refractivity contribution is 0.0174. The maximum absolute atomic E-state index is 13.3. The number of hydrogen-bond donors (Lipinski definition) is 3. The summed E-state index contributed by atoms with van der Waals surface area (Å²) < 4.78 is 47.7. The van der Waals surface area contributed by atoms with E-state index < -0.39 is 5.92 Å². The highest BCUT2D eigenvalue weighted by Gasteiger charge is 2.28. The van der Waals surface area contributed by atoms with Crippen LogP contribution >= 0.6 is 11.6 Å². The summed E-state index contributed by atoms with van der Waals surface area (Å²) in [5, 5.41) is 9.53. The summed E-state index contributed by atoms with van der Waals surface area (Å²) >= 11 is 6.10. The van der Waals surface area contributed by atoms with Gasteiger partial charge in [-0.15, -0.1) is 0 Å². The Labute approximate surface area is 470 Å². The van der Waals surface area contributed by atoms with Gasteiger partial charge in [0.2, 0.25) is 0 Å². The molecule has 6 heterocycles. The van der Waals surface area contributed by atoms with Crippen molar-refractivity contribution < 1.29 is 23.0 Å². The second-order valence-electron chi connectivity index (χ2n) is 19.4. The Morgan fingerprint density at radius 3 is 1.33 bits per heavy atom. The standard InChI is InChI=1S/C22H20N4O2.C20H16F2N4O2.C19H15ClN4O2/c1-14-6-5-9-18(20(14)15-10-11-15)28-13-17-12-19(27)26-22(23-17)24-21(25-26)16-7-3-2-4-8-16;1-20(21,22)14-7-9-16(10-8-14)28-12-15-11-17(27)26-19(23-15)24-18(25-26)13-5-3-2-4-6-13;1-12-7-8-15(10-16(12)20)26-11-14-9-17(25)24-19(21-14)22-18(23-24)13-5-3-2-4-6-13/h2-9,12,15H,10-11,13H2,1H3,(H,23,24,25);2-11H,12H2,1H3,(H,23,24,25);2-10H,11H2,1H3,(H,21,22,23). The quantitative estimate of drug-likeness (QED) is 0.0927. The van der Waals surface area contributed by atoms with Crippen LogP contribution in [-0.4, -0.2) is 58.7 Å². The number of H-pyrrole nitrogens is 3. The molecule has 412 valence electrons. The Balaban J connectivity index is 0.000000129. The number of ether oxygens (including phenoxy) is 3. The maximum Gasteiger partial charge on any atom is 0.274 e. The van der Waals surface area contributed by atoms with Gasteiger partial charge in [-0.3, -0.25) is 29.7 Å². The molecule has 1 saturated carbocycles. The van der Waals surface area contributed by atoms with Crippen LogP contribution in [-0.2, 0) is 25.7 Å². The van der Waals surface area contributed by atoms with Gasteiger partial charge in [-0.25, -0.2) is 23.7 Å². The fraction of sp³-hybridized carbons (Fsp3) is 0.164. The van der Waals surface area contributed by atoms with E-state index in [1.807, 2.05) is 122 Å². The highest BCUT2D eigenvalue weighted by Crippen LogP contribution is 2.46. The van der Waals surface area contributed by atoms with E-state index in [0.717, 1.165) is 34.9 Å². The molecule has 1 fully saturated rings. The first kappa shape index (κ1) is 53.9. The smallest absolute Gasteiger partial charge is 0.274 e. The Kier molecular flexibility index (Phi) is 15.3. The molecule has 6 aromatic carbocycles. The molecule has 0 unspecified atom stereocenters. The molecule has 0 radical (unpaired) electrons. The third-order valence-corrected chi connectivity index (χ3v) is 13.6. The molecule has 18 nitrogen and oxygen atoms in total. The molecule has 1 aliphatic rings. The normalized spacial score (nSPS) is 12.2.